The fourth-order valence-electron chi connectivity index (χ4n) is 4.57. The number of fused-ring (bicyclic) bond motifs is 1. The van der Waals surface area contributed by atoms with Crippen molar-refractivity contribution in [3.63, 3.8) is 0 Å². The molecule has 9 N–H and O–H groups in total. The van der Waals surface area contributed by atoms with E-state index in [-0.39, 0.29) is 25.7 Å². The average molecular weight is 579 g/mol. The molecule has 12 heteroatoms. The van der Waals surface area contributed by atoms with Crippen molar-refractivity contribution in [3.05, 3.63) is 71.9 Å². The van der Waals surface area contributed by atoms with Gasteiger partial charge in [0, 0.05) is 29.9 Å². The molecule has 4 atom stereocenters. The van der Waals surface area contributed by atoms with E-state index in [4.69, 9.17) is 11.5 Å². The van der Waals surface area contributed by atoms with Crippen LogP contribution in [-0.4, -0.2) is 63.9 Å². The van der Waals surface area contributed by atoms with Crippen molar-refractivity contribution in [1.82, 2.24) is 20.9 Å². The van der Waals surface area contributed by atoms with E-state index in [9.17, 15) is 29.1 Å². The molecular formula is C30H38N6O6. The Morgan fingerprint density at radius 2 is 1.48 bits per heavy atom. The summed E-state index contributed by atoms with van der Waals surface area (Å²) in [4.78, 5) is 66.0. The molecule has 0 saturated carbocycles. The molecule has 0 bridgehead atoms. The summed E-state index contributed by atoms with van der Waals surface area (Å²) in [5.41, 5.74) is 13.7. The summed E-state index contributed by atoms with van der Waals surface area (Å²) in [6.45, 7) is 3.37. The number of para-hydroxylation sites is 1. The minimum atomic E-state index is -1.27. The van der Waals surface area contributed by atoms with E-state index < -0.39 is 59.7 Å². The lowest BCUT2D eigenvalue weighted by atomic mass is 10.00. The first-order valence-electron chi connectivity index (χ1n) is 13.7. The molecule has 0 aliphatic rings. The lowest BCUT2D eigenvalue weighted by Crippen LogP contribution is -2.58. The number of carbonyl (C=O) groups excluding carboxylic acids is 4. The number of carboxylic acids is 1. The Hall–Kier alpha value is -4.71. The molecule has 42 heavy (non-hydrogen) atoms. The van der Waals surface area contributed by atoms with Crippen LogP contribution in [-0.2, 0) is 36.8 Å². The van der Waals surface area contributed by atoms with E-state index in [1.807, 2.05) is 54.6 Å². The van der Waals surface area contributed by atoms with Crippen LogP contribution in [0.2, 0.25) is 0 Å². The summed E-state index contributed by atoms with van der Waals surface area (Å²) < 4.78 is 0. The molecule has 3 aromatic rings. The summed E-state index contributed by atoms with van der Waals surface area (Å²) in [5, 5.41) is 18.4. The number of carboxylic acid groups (broad SMARTS) is 1. The third-order valence-corrected chi connectivity index (χ3v) is 6.91. The van der Waals surface area contributed by atoms with Gasteiger partial charge in [-0.05, 0) is 36.0 Å². The second kappa shape index (κ2) is 14.8. The summed E-state index contributed by atoms with van der Waals surface area (Å²) in [7, 11) is 0. The maximum atomic E-state index is 13.3. The number of carbonyl (C=O) groups is 5. The van der Waals surface area contributed by atoms with Crippen LogP contribution in [0.25, 0.3) is 10.9 Å². The molecule has 0 aliphatic carbocycles. The number of aliphatic carboxylic acids is 1. The Morgan fingerprint density at radius 3 is 2.12 bits per heavy atom. The minimum Gasteiger partial charge on any atom is -0.480 e. The number of nitrogens with two attached hydrogens (primary N) is 2. The normalized spacial score (nSPS) is 14.0. The second-order valence-electron chi connectivity index (χ2n) is 10.6. The number of hydrogen-bond acceptors (Lipinski definition) is 6. The number of benzene rings is 2. The topological polar surface area (TPSA) is 209 Å². The molecular weight excluding hydrogens is 540 g/mol. The Balaban J connectivity index is 1.70. The van der Waals surface area contributed by atoms with Crippen molar-refractivity contribution in [3.8, 4) is 0 Å². The quantitative estimate of drug-likeness (QED) is 0.137. The zero-order chi connectivity index (χ0) is 30.8. The molecule has 4 unspecified atom stereocenters. The first-order valence-corrected chi connectivity index (χ1v) is 13.7. The van der Waals surface area contributed by atoms with E-state index in [0.717, 1.165) is 16.5 Å². The number of H-pyrrole nitrogens is 1. The molecule has 1 aromatic heterocycles. The maximum Gasteiger partial charge on any atom is 0.326 e. The van der Waals surface area contributed by atoms with Gasteiger partial charge in [0.2, 0.25) is 23.6 Å². The van der Waals surface area contributed by atoms with Gasteiger partial charge >= 0.3 is 5.97 Å². The van der Waals surface area contributed by atoms with Gasteiger partial charge in [0.25, 0.3) is 0 Å². The highest BCUT2D eigenvalue weighted by Gasteiger charge is 2.32. The first-order chi connectivity index (χ1) is 20.0. The number of primary amides is 1. The van der Waals surface area contributed by atoms with Crippen LogP contribution < -0.4 is 27.4 Å². The predicted octanol–water partition coefficient (Wildman–Crippen LogP) is 0.741. The van der Waals surface area contributed by atoms with Gasteiger partial charge in [-0.3, -0.25) is 19.2 Å². The van der Waals surface area contributed by atoms with Crippen LogP contribution in [0, 0.1) is 5.92 Å². The van der Waals surface area contributed by atoms with E-state index >= 15 is 0 Å². The van der Waals surface area contributed by atoms with Crippen LogP contribution in [0.1, 0.15) is 37.8 Å². The number of hydrogen-bond donors (Lipinski definition) is 7. The largest absolute Gasteiger partial charge is 0.480 e. The zero-order valence-electron chi connectivity index (χ0n) is 23.6. The molecule has 2 aromatic carbocycles. The van der Waals surface area contributed by atoms with Crippen molar-refractivity contribution in [2.75, 3.05) is 0 Å². The highest BCUT2D eigenvalue weighted by molar-refractivity contribution is 5.94. The van der Waals surface area contributed by atoms with Gasteiger partial charge in [0.15, 0.2) is 0 Å². The Morgan fingerprint density at radius 1 is 0.833 bits per heavy atom. The second-order valence-corrected chi connectivity index (χ2v) is 10.6. The molecule has 4 amide bonds. The fraction of sp³-hybridized carbons (Fsp3) is 0.367. The van der Waals surface area contributed by atoms with E-state index in [2.05, 4.69) is 20.9 Å². The summed E-state index contributed by atoms with van der Waals surface area (Å²) in [6.07, 6.45) is 1.62. The number of aromatic amines is 1. The molecule has 12 nitrogen and oxygen atoms in total. The lowest BCUT2D eigenvalue weighted by molar-refractivity contribution is -0.142. The van der Waals surface area contributed by atoms with Gasteiger partial charge in [-0.1, -0.05) is 62.4 Å². The highest BCUT2D eigenvalue weighted by Crippen LogP contribution is 2.19. The van der Waals surface area contributed by atoms with Crippen molar-refractivity contribution in [1.29, 1.82) is 0 Å². The summed E-state index contributed by atoms with van der Waals surface area (Å²) >= 11 is 0. The van der Waals surface area contributed by atoms with E-state index in [1.165, 1.54) is 0 Å². The standard InChI is InChI=1S/C30H38N6O6/c1-17(2)26(29(40)35-24(30(41)42)15-19-16-33-22-11-7-6-10-20(19)22)36-28(39)23(12-13-25(32)37)34-27(38)21(31)14-18-8-4-3-5-9-18/h3-11,16-17,21,23-24,26,33H,12-15,31H2,1-2H3,(H2,32,37)(H,34,38)(H,35,40)(H,36,39)(H,41,42). The molecule has 0 radical (unpaired) electrons. The fourth-order valence-corrected chi connectivity index (χ4v) is 4.57. The molecule has 3 rings (SSSR count). The Bertz CT molecular complexity index is 1410. The van der Waals surface area contributed by atoms with Crippen LogP contribution >= 0.6 is 0 Å². The van der Waals surface area contributed by atoms with Gasteiger partial charge in [0.05, 0.1) is 6.04 Å². The van der Waals surface area contributed by atoms with Crippen LogP contribution in [0.4, 0.5) is 0 Å². The predicted molar refractivity (Wildman–Crippen MR) is 157 cm³/mol. The first kappa shape index (κ1) is 31.8. The van der Waals surface area contributed by atoms with Crippen LogP contribution in [0.15, 0.2) is 60.8 Å². The number of nitrogens with one attached hydrogen (secondary N) is 4. The number of aromatic nitrogens is 1. The molecule has 0 spiro atoms. The van der Waals surface area contributed by atoms with Crippen molar-refractivity contribution < 1.29 is 29.1 Å². The summed E-state index contributed by atoms with van der Waals surface area (Å²) in [6, 6.07) is 11.9. The van der Waals surface area contributed by atoms with E-state index in [1.54, 1.807) is 20.0 Å². The van der Waals surface area contributed by atoms with Gasteiger partial charge < -0.3 is 37.5 Å². The summed E-state index contributed by atoms with van der Waals surface area (Å²) in [5.74, 6) is -4.39. The number of amides is 4. The van der Waals surface area contributed by atoms with Crippen molar-refractivity contribution in [2.24, 2.45) is 17.4 Å². The molecule has 0 fully saturated rings. The van der Waals surface area contributed by atoms with Crippen molar-refractivity contribution in [2.45, 2.75) is 63.7 Å². The van der Waals surface area contributed by atoms with Gasteiger partial charge in [0.1, 0.15) is 18.1 Å². The molecule has 0 saturated heterocycles. The lowest BCUT2D eigenvalue weighted by Gasteiger charge is -2.27. The SMILES string of the molecule is CC(C)C(NC(=O)C(CCC(N)=O)NC(=O)C(N)Cc1ccccc1)C(=O)NC(Cc1c[nH]c2ccccc12)C(=O)O. The van der Waals surface area contributed by atoms with Gasteiger partial charge in [-0.15, -0.1) is 0 Å². The number of rotatable bonds is 15. The molecule has 1 heterocycles. The minimum absolute atomic E-state index is 0.0143. The smallest absolute Gasteiger partial charge is 0.326 e. The average Bonchev–Trinajstić information content (AvgIpc) is 3.36. The van der Waals surface area contributed by atoms with Gasteiger partial charge in [-0.2, -0.15) is 0 Å². The van der Waals surface area contributed by atoms with E-state index in [0.29, 0.717) is 5.56 Å². The third kappa shape index (κ3) is 8.90. The third-order valence-electron chi connectivity index (χ3n) is 6.91. The Labute approximate surface area is 243 Å². The van der Waals surface area contributed by atoms with Crippen LogP contribution in [0.3, 0.4) is 0 Å². The molecule has 224 valence electrons. The van der Waals surface area contributed by atoms with Crippen LogP contribution in [0.5, 0.6) is 0 Å². The van der Waals surface area contributed by atoms with Crippen molar-refractivity contribution >= 4 is 40.5 Å². The maximum absolute atomic E-state index is 13.3. The monoisotopic (exact) mass is 578 g/mol. The zero-order valence-corrected chi connectivity index (χ0v) is 23.6. The molecule has 0 aliphatic heterocycles. The Kier molecular flexibility index (Phi) is 11.2. The van der Waals surface area contributed by atoms with Gasteiger partial charge in [-0.25, -0.2) is 4.79 Å². The highest BCUT2D eigenvalue weighted by atomic mass is 16.4.